The van der Waals surface area contributed by atoms with Gasteiger partial charge in [-0.2, -0.15) is 0 Å². The van der Waals surface area contributed by atoms with E-state index in [4.69, 9.17) is 31.9 Å². The van der Waals surface area contributed by atoms with E-state index in [0.717, 1.165) is 18.5 Å². The van der Waals surface area contributed by atoms with E-state index in [1.807, 2.05) is 0 Å². The highest BCUT2D eigenvalue weighted by Crippen LogP contribution is 2.14. The van der Waals surface area contributed by atoms with Crippen LogP contribution in [0.2, 0.25) is 0 Å². The van der Waals surface area contributed by atoms with Gasteiger partial charge in [-0.05, 0) is 18.8 Å². The Labute approximate surface area is 105 Å². The Balaban J connectivity index is 0. The van der Waals surface area contributed by atoms with Crippen LogP contribution in [0.4, 0.5) is 0 Å². The molecule has 0 aliphatic rings. The lowest BCUT2D eigenvalue weighted by Gasteiger charge is -2.18. The Morgan fingerprint density at radius 1 is 1.44 bits per heavy atom. The molecule has 9 heteroatoms. The van der Waals surface area contributed by atoms with Crippen LogP contribution in [0.5, 0.6) is 0 Å². The van der Waals surface area contributed by atoms with Crippen LogP contribution in [-0.2, 0) is 0 Å². The predicted octanol–water partition coefficient (Wildman–Crippen LogP) is 0.596. The summed E-state index contributed by atoms with van der Waals surface area (Å²) in [6.45, 7) is 7.99. The molecule has 0 fully saturated rings. The molecule has 0 heterocycles. The lowest BCUT2D eigenvalue weighted by molar-refractivity contribution is -0.742. The van der Waals surface area contributed by atoms with Crippen molar-refractivity contribution in [2.75, 3.05) is 0 Å². The minimum Gasteiger partial charge on any atom is -0.370 e. The first kappa shape index (κ1) is 18.1. The minimum absolute atomic E-state index is 0.00519. The summed E-state index contributed by atoms with van der Waals surface area (Å²) in [6.07, 6.45) is 1.96. The van der Waals surface area contributed by atoms with Crippen LogP contribution in [0.3, 0.4) is 0 Å². The number of nitrogens with one attached hydrogen (secondary N) is 4. The fraction of sp³-hybridized carbons (Fsp3) is 0.556. The number of hydrogen-bond acceptors (Lipinski definition) is 4. The molecule has 9 nitrogen and oxygen atoms in total. The van der Waals surface area contributed by atoms with Gasteiger partial charge in [0.1, 0.15) is 0 Å². The number of nitrogens with two attached hydrogens (primary N) is 1. The van der Waals surface area contributed by atoms with Crippen LogP contribution in [0.1, 0.15) is 26.7 Å². The molecule has 0 aromatic carbocycles. The number of rotatable bonds is 4. The van der Waals surface area contributed by atoms with E-state index < -0.39 is 5.09 Å². The lowest BCUT2D eigenvalue weighted by Crippen LogP contribution is -2.43. The predicted molar refractivity (Wildman–Crippen MR) is 67.9 cm³/mol. The van der Waals surface area contributed by atoms with E-state index in [1.165, 1.54) is 0 Å². The molecule has 0 rings (SSSR count). The number of allylic oxidation sites excluding steroid dienone is 1. The maximum absolute atomic E-state index is 8.36. The van der Waals surface area contributed by atoms with Crippen LogP contribution in [-0.4, -0.2) is 22.2 Å². The molecule has 18 heavy (non-hydrogen) atoms. The van der Waals surface area contributed by atoms with Gasteiger partial charge in [-0.15, -0.1) is 10.1 Å². The Hall–Kier alpha value is -2.32. The molecule has 0 aromatic rings. The quantitative estimate of drug-likeness (QED) is 0.188. The summed E-state index contributed by atoms with van der Waals surface area (Å²) in [5, 5.41) is 33.1. The average molecular weight is 260 g/mol. The third-order valence-corrected chi connectivity index (χ3v) is 2.02. The average Bonchev–Trinajstić information content (AvgIpc) is 2.16. The van der Waals surface area contributed by atoms with E-state index in [9.17, 15) is 0 Å². The van der Waals surface area contributed by atoms with Crippen LogP contribution >= 0.6 is 0 Å². The fourth-order valence-corrected chi connectivity index (χ4v) is 1.21. The largest absolute Gasteiger partial charge is 0.370 e. The number of nitrogens with zero attached hydrogens (tertiary/aromatic N) is 1. The Morgan fingerprint density at radius 2 is 1.83 bits per heavy atom. The molecule has 0 spiro atoms. The first-order valence-electron chi connectivity index (χ1n) is 5.23. The van der Waals surface area contributed by atoms with Crippen molar-refractivity contribution in [1.82, 2.24) is 10.6 Å². The van der Waals surface area contributed by atoms with Crippen LogP contribution in [0, 0.1) is 26.9 Å². The Morgan fingerprint density at radius 3 is 2.11 bits per heavy atom. The van der Waals surface area contributed by atoms with Gasteiger partial charge in [-0.3, -0.25) is 16.1 Å². The lowest BCUT2D eigenvalue weighted by atomic mass is 10.0. The number of hydrogen-bond donors (Lipinski definition) is 6. The summed E-state index contributed by atoms with van der Waals surface area (Å²) in [7, 11) is 0. The van der Waals surface area contributed by atoms with Gasteiger partial charge in [0, 0.05) is 5.70 Å². The Bertz CT molecular complexity index is 309. The smallest absolute Gasteiger partial charge is 0.291 e. The van der Waals surface area contributed by atoms with Crippen LogP contribution in [0.15, 0.2) is 12.3 Å². The highest BCUT2D eigenvalue weighted by Gasteiger charge is 2.09. The molecule has 0 atom stereocenters. The molecule has 0 saturated heterocycles. The van der Waals surface area contributed by atoms with Crippen molar-refractivity contribution in [2.45, 2.75) is 26.7 Å². The van der Waals surface area contributed by atoms with E-state index in [1.54, 1.807) is 0 Å². The minimum atomic E-state index is -1.50. The zero-order valence-corrected chi connectivity index (χ0v) is 10.5. The van der Waals surface area contributed by atoms with Gasteiger partial charge in [-0.1, -0.05) is 20.4 Å². The molecular weight excluding hydrogens is 240 g/mol. The van der Waals surface area contributed by atoms with Gasteiger partial charge >= 0.3 is 0 Å². The van der Waals surface area contributed by atoms with Crippen molar-refractivity contribution in [3.05, 3.63) is 22.4 Å². The highest BCUT2D eigenvalue weighted by molar-refractivity contribution is 5.95. The van der Waals surface area contributed by atoms with Gasteiger partial charge in [0.2, 0.25) is 0 Å². The second-order valence-corrected chi connectivity index (χ2v) is 3.32. The van der Waals surface area contributed by atoms with Crippen molar-refractivity contribution in [3.8, 4) is 0 Å². The van der Waals surface area contributed by atoms with Gasteiger partial charge in [0.15, 0.2) is 11.9 Å². The second-order valence-electron chi connectivity index (χ2n) is 3.32. The summed E-state index contributed by atoms with van der Waals surface area (Å²) >= 11 is 0. The molecule has 0 aliphatic heterocycles. The molecule has 0 bridgehead atoms. The summed E-state index contributed by atoms with van der Waals surface area (Å²) in [5.41, 5.74) is 5.86. The van der Waals surface area contributed by atoms with Crippen LogP contribution < -0.4 is 16.4 Å². The maximum Gasteiger partial charge on any atom is 0.291 e. The van der Waals surface area contributed by atoms with E-state index in [0.29, 0.717) is 5.92 Å². The van der Waals surface area contributed by atoms with Gasteiger partial charge < -0.3 is 16.3 Å². The van der Waals surface area contributed by atoms with Crippen LogP contribution in [0.25, 0.3) is 0 Å². The molecule has 104 valence electrons. The topological polar surface area (TPSA) is 161 Å². The van der Waals surface area contributed by atoms with Gasteiger partial charge in [0.05, 0.1) is 0 Å². The van der Waals surface area contributed by atoms with Crippen molar-refractivity contribution < 1.29 is 10.3 Å². The standard InChI is InChI=1S/C9H19N5.HNO3/c1-4-7(5-2)6(3)13-9(12)14-8(10)11;2-1(3)4/h7H,3-5H2,1-2H3,(H6,10,11,12,13,14);(H,2,3,4). The van der Waals surface area contributed by atoms with Crippen molar-refractivity contribution in [3.63, 3.8) is 0 Å². The monoisotopic (exact) mass is 260 g/mol. The van der Waals surface area contributed by atoms with Gasteiger partial charge in [0.25, 0.3) is 5.09 Å². The summed E-state index contributed by atoms with van der Waals surface area (Å²) in [6, 6.07) is 0. The maximum atomic E-state index is 8.36. The molecule has 0 aliphatic carbocycles. The molecule has 7 N–H and O–H groups in total. The molecule has 0 amide bonds. The van der Waals surface area contributed by atoms with Crippen molar-refractivity contribution >= 4 is 11.9 Å². The molecule has 0 radical (unpaired) electrons. The third-order valence-electron chi connectivity index (χ3n) is 2.02. The first-order chi connectivity index (χ1) is 8.24. The third kappa shape index (κ3) is 11.8. The van der Waals surface area contributed by atoms with Gasteiger partial charge in [-0.25, -0.2) is 0 Å². The molecular formula is C9H20N6O3. The molecule has 0 unspecified atom stereocenters. The van der Waals surface area contributed by atoms with Crippen molar-refractivity contribution in [2.24, 2.45) is 11.7 Å². The normalized spacial score (nSPS) is 8.83. The van der Waals surface area contributed by atoms with E-state index in [2.05, 4.69) is 31.1 Å². The van der Waals surface area contributed by atoms with Crippen molar-refractivity contribution in [1.29, 1.82) is 10.8 Å². The zero-order valence-electron chi connectivity index (χ0n) is 10.5. The number of guanidine groups is 2. The zero-order chi connectivity index (χ0) is 14.7. The van der Waals surface area contributed by atoms with E-state index >= 15 is 0 Å². The molecule has 0 saturated carbocycles. The van der Waals surface area contributed by atoms with E-state index in [-0.39, 0.29) is 11.9 Å². The summed E-state index contributed by atoms with van der Waals surface area (Å²) < 4.78 is 0. The Kier molecular flexibility index (Phi) is 9.91. The second kappa shape index (κ2) is 9.87. The summed E-state index contributed by atoms with van der Waals surface area (Å²) in [5.74, 6) is 0.0957. The molecule has 0 aromatic heterocycles. The highest BCUT2D eigenvalue weighted by atomic mass is 16.9. The summed E-state index contributed by atoms with van der Waals surface area (Å²) in [4.78, 5) is 8.36. The fourth-order valence-electron chi connectivity index (χ4n) is 1.21. The first-order valence-corrected chi connectivity index (χ1v) is 5.23. The SMILES string of the molecule is C=C(NC(=N)NC(=N)N)C(CC)CC.O=[N+]([O-])O.